The first-order valence-corrected chi connectivity index (χ1v) is 6.10. The molecule has 2 rings (SSSR count). The summed E-state index contributed by atoms with van der Waals surface area (Å²) in [6.07, 6.45) is 1.44. The van der Waals surface area contributed by atoms with E-state index in [9.17, 15) is 4.79 Å². The molecule has 1 aromatic carbocycles. The predicted molar refractivity (Wildman–Crippen MR) is 66.6 cm³/mol. The van der Waals surface area contributed by atoms with Crippen molar-refractivity contribution >= 4 is 27.6 Å². The van der Waals surface area contributed by atoms with E-state index in [4.69, 9.17) is 4.74 Å². The topological polar surface area (TPSA) is 38.3 Å². The molecule has 1 aliphatic rings. The van der Waals surface area contributed by atoms with Crippen LogP contribution in [0.2, 0.25) is 0 Å². The molecule has 1 N–H and O–H groups in total. The number of fused-ring (bicyclic) bond motifs is 1. The Balaban J connectivity index is 2.23. The predicted octanol–water partition coefficient (Wildman–Crippen LogP) is 2.91. The van der Waals surface area contributed by atoms with Gasteiger partial charge in [0, 0.05) is 16.7 Å². The number of anilines is 1. The Labute approximate surface area is 103 Å². The van der Waals surface area contributed by atoms with E-state index >= 15 is 0 Å². The van der Waals surface area contributed by atoms with Gasteiger partial charge in [0.05, 0.1) is 13.5 Å². The van der Waals surface area contributed by atoms with Crippen LogP contribution in [0.1, 0.15) is 24.3 Å². The van der Waals surface area contributed by atoms with Crippen LogP contribution in [0.25, 0.3) is 0 Å². The fourth-order valence-electron chi connectivity index (χ4n) is 2.07. The monoisotopic (exact) mass is 283 g/mol. The van der Waals surface area contributed by atoms with Gasteiger partial charge in [0.2, 0.25) is 0 Å². The van der Waals surface area contributed by atoms with Crippen LogP contribution in [0.3, 0.4) is 0 Å². The molecular formula is C12H14BrNO2. The first-order valence-electron chi connectivity index (χ1n) is 5.31. The molecule has 0 saturated heterocycles. The summed E-state index contributed by atoms with van der Waals surface area (Å²) in [5.41, 5.74) is 2.33. The van der Waals surface area contributed by atoms with E-state index in [0.717, 1.165) is 23.1 Å². The second kappa shape index (κ2) is 4.87. The Kier molecular flexibility index (Phi) is 3.49. The number of carbonyl (C=O) groups is 1. The van der Waals surface area contributed by atoms with E-state index in [-0.39, 0.29) is 11.9 Å². The average molecular weight is 284 g/mol. The number of carbonyl (C=O) groups excluding carboxylic acids is 1. The molecule has 3 nitrogen and oxygen atoms in total. The van der Waals surface area contributed by atoms with Crippen molar-refractivity contribution in [3.05, 3.63) is 28.2 Å². The fourth-order valence-corrected chi connectivity index (χ4v) is 2.43. The van der Waals surface area contributed by atoms with E-state index in [1.807, 2.05) is 6.07 Å². The number of benzene rings is 1. The molecule has 0 radical (unpaired) electrons. The number of methoxy groups -OCH3 is 1. The highest BCUT2D eigenvalue weighted by atomic mass is 79.9. The molecule has 1 unspecified atom stereocenters. The van der Waals surface area contributed by atoms with Crippen LogP contribution < -0.4 is 5.32 Å². The van der Waals surface area contributed by atoms with Crippen LogP contribution in [0.4, 0.5) is 5.69 Å². The first-order chi connectivity index (χ1) is 7.70. The van der Waals surface area contributed by atoms with Gasteiger partial charge in [-0.15, -0.1) is 0 Å². The van der Waals surface area contributed by atoms with Gasteiger partial charge in [-0.25, -0.2) is 0 Å². The van der Waals surface area contributed by atoms with Gasteiger partial charge in [0.15, 0.2) is 0 Å². The quantitative estimate of drug-likeness (QED) is 0.849. The number of nitrogens with one attached hydrogen (secondary N) is 1. The van der Waals surface area contributed by atoms with Crippen molar-refractivity contribution in [2.45, 2.75) is 18.8 Å². The van der Waals surface area contributed by atoms with Gasteiger partial charge >= 0.3 is 5.97 Å². The Hall–Kier alpha value is -1.03. The van der Waals surface area contributed by atoms with Crippen molar-refractivity contribution in [3.8, 4) is 0 Å². The molecule has 4 heteroatoms. The third kappa shape index (κ3) is 2.38. The molecule has 0 aliphatic carbocycles. The van der Waals surface area contributed by atoms with Crippen molar-refractivity contribution in [2.24, 2.45) is 0 Å². The zero-order valence-electron chi connectivity index (χ0n) is 9.13. The van der Waals surface area contributed by atoms with E-state index in [1.165, 1.54) is 12.7 Å². The van der Waals surface area contributed by atoms with Gasteiger partial charge in [-0.3, -0.25) is 4.79 Å². The lowest BCUT2D eigenvalue weighted by Gasteiger charge is -2.26. The molecule has 0 fully saturated rings. The second-order valence-electron chi connectivity index (χ2n) is 3.92. The number of hydrogen-bond donors (Lipinski definition) is 1. The van der Waals surface area contributed by atoms with Gasteiger partial charge in [-0.05, 0) is 30.0 Å². The minimum atomic E-state index is -0.138. The van der Waals surface area contributed by atoms with Crippen LogP contribution >= 0.6 is 15.9 Å². The van der Waals surface area contributed by atoms with Gasteiger partial charge < -0.3 is 10.1 Å². The van der Waals surface area contributed by atoms with Crippen LogP contribution in [0.5, 0.6) is 0 Å². The molecule has 1 aliphatic heterocycles. The van der Waals surface area contributed by atoms with E-state index < -0.39 is 0 Å². The molecule has 1 heterocycles. The summed E-state index contributed by atoms with van der Waals surface area (Å²) in [5.74, 6) is 0.137. The molecule has 0 bridgehead atoms. The zero-order valence-corrected chi connectivity index (χ0v) is 10.7. The summed E-state index contributed by atoms with van der Waals surface area (Å²) >= 11 is 3.44. The second-order valence-corrected chi connectivity index (χ2v) is 4.84. The third-order valence-corrected chi connectivity index (χ3v) is 3.40. The molecule has 16 heavy (non-hydrogen) atoms. The summed E-state index contributed by atoms with van der Waals surface area (Å²) in [5, 5.41) is 3.34. The van der Waals surface area contributed by atoms with Crippen molar-refractivity contribution in [1.29, 1.82) is 0 Å². The lowest BCUT2D eigenvalue weighted by molar-refractivity contribution is -0.141. The fraction of sp³-hybridized carbons (Fsp3) is 0.417. The minimum absolute atomic E-state index is 0.138. The van der Waals surface area contributed by atoms with E-state index in [1.54, 1.807) is 0 Å². The summed E-state index contributed by atoms with van der Waals surface area (Å²) in [6.45, 7) is 0.908. The van der Waals surface area contributed by atoms with Gasteiger partial charge in [-0.1, -0.05) is 22.0 Å². The van der Waals surface area contributed by atoms with Crippen LogP contribution in [-0.2, 0) is 9.53 Å². The lowest BCUT2D eigenvalue weighted by atomic mass is 9.88. The van der Waals surface area contributed by atoms with Crippen molar-refractivity contribution in [3.63, 3.8) is 0 Å². The number of esters is 1. The summed E-state index contributed by atoms with van der Waals surface area (Å²) in [4.78, 5) is 11.3. The number of ether oxygens (including phenoxy) is 1. The van der Waals surface area contributed by atoms with Crippen LogP contribution in [0.15, 0.2) is 22.7 Å². The number of halogens is 1. The van der Waals surface area contributed by atoms with Crippen molar-refractivity contribution in [2.75, 3.05) is 19.0 Å². The Morgan fingerprint density at radius 2 is 2.44 bits per heavy atom. The van der Waals surface area contributed by atoms with Gasteiger partial charge in [0.1, 0.15) is 0 Å². The maximum absolute atomic E-state index is 11.3. The van der Waals surface area contributed by atoms with Crippen LogP contribution in [-0.4, -0.2) is 19.6 Å². The first kappa shape index (κ1) is 11.5. The normalized spacial score (nSPS) is 18.5. The maximum Gasteiger partial charge on any atom is 0.306 e. The standard InChI is InChI=1S/C12H14BrNO2/c1-16-12(15)6-8-4-5-14-11-7-9(13)2-3-10(8)11/h2-3,7-8,14H,4-6H2,1H3. The molecule has 0 spiro atoms. The molecule has 0 amide bonds. The van der Waals surface area contributed by atoms with Crippen molar-refractivity contribution in [1.82, 2.24) is 0 Å². The smallest absolute Gasteiger partial charge is 0.306 e. The van der Waals surface area contributed by atoms with Crippen LogP contribution in [0, 0.1) is 0 Å². The van der Waals surface area contributed by atoms with Crippen molar-refractivity contribution < 1.29 is 9.53 Å². The van der Waals surface area contributed by atoms with E-state index in [2.05, 4.69) is 33.4 Å². The molecule has 1 aromatic rings. The minimum Gasteiger partial charge on any atom is -0.469 e. The largest absolute Gasteiger partial charge is 0.469 e. The highest BCUT2D eigenvalue weighted by Gasteiger charge is 2.22. The van der Waals surface area contributed by atoms with E-state index in [0.29, 0.717) is 6.42 Å². The summed E-state index contributed by atoms with van der Waals surface area (Å²) in [6, 6.07) is 6.13. The molecular weight excluding hydrogens is 270 g/mol. The molecule has 0 saturated carbocycles. The Bertz CT molecular complexity index is 406. The Morgan fingerprint density at radius 1 is 1.62 bits per heavy atom. The average Bonchev–Trinajstić information content (AvgIpc) is 2.28. The maximum atomic E-state index is 11.3. The van der Waals surface area contributed by atoms with Gasteiger partial charge in [-0.2, -0.15) is 0 Å². The molecule has 0 aromatic heterocycles. The molecule has 1 atom stereocenters. The lowest BCUT2D eigenvalue weighted by Crippen LogP contribution is -2.19. The van der Waals surface area contributed by atoms with Gasteiger partial charge in [0.25, 0.3) is 0 Å². The highest BCUT2D eigenvalue weighted by Crippen LogP contribution is 2.35. The number of rotatable bonds is 2. The number of hydrogen-bond acceptors (Lipinski definition) is 3. The summed E-state index contributed by atoms with van der Waals surface area (Å²) < 4.78 is 5.78. The molecule has 86 valence electrons. The third-order valence-electron chi connectivity index (χ3n) is 2.90. The zero-order chi connectivity index (χ0) is 11.5. The SMILES string of the molecule is COC(=O)CC1CCNc2cc(Br)ccc21. The summed E-state index contributed by atoms with van der Waals surface area (Å²) in [7, 11) is 1.44. The Morgan fingerprint density at radius 3 is 3.19 bits per heavy atom. The highest BCUT2D eigenvalue weighted by molar-refractivity contribution is 9.10.